The fourth-order valence-electron chi connectivity index (χ4n) is 2.15. The van der Waals surface area contributed by atoms with Gasteiger partial charge in [0.2, 0.25) is 0 Å². The van der Waals surface area contributed by atoms with Crippen LogP contribution in [-0.2, 0) is 0 Å². The average molecular weight is 236 g/mol. The Balaban J connectivity index is 2.14. The van der Waals surface area contributed by atoms with E-state index in [1.807, 2.05) is 6.92 Å². The Bertz CT molecular complexity index is 435. The number of aryl methyl sites for hydroxylation is 1. The first-order chi connectivity index (χ1) is 8.08. The molecule has 3 N–H and O–H groups in total. The lowest BCUT2D eigenvalue weighted by atomic mass is 10.1. The van der Waals surface area contributed by atoms with Gasteiger partial charge in [-0.1, -0.05) is 0 Å². The number of nitrogens with two attached hydrogens (primary N) is 1. The van der Waals surface area contributed by atoms with E-state index in [-0.39, 0.29) is 17.8 Å². The minimum absolute atomic E-state index is 0.0174. The van der Waals surface area contributed by atoms with Gasteiger partial charge >= 0.3 is 0 Å². The highest BCUT2D eigenvalue weighted by Crippen LogP contribution is 2.24. The van der Waals surface area contributed by atoms with E-state index in [4.69, 9.17) is 5.73 Å². The minimum atomic E-state index is -0.439. The Morgan fingerprint density at radius 2 is 2.35 bits per heavy atom. The van der Waals surface area contributed by atoms with Crippen LogP contribution in [0.25, 0.3) is 0 Å². The maximum Gasteiger partial charge on any atom is 0.287 e. The maximum absolute atomic E-state index is 10.6. The van der Waals surface area contributed by atoms with Crippen molar-refractivity contribution in [2.24, 2.45) is 5.73 Å². The van der Waals surface area contributed by atoms with Gasteiger partial charge in [-0.3, -0.25) is 10.1 Å². The lowest BCUT2D eigenvalue weighted by Crippen LogP contribution is -2.35. The highest BCUT2D eigenvalue weighted by molar-refractivity contribution is 5.49. The van der Waals surface area contributed by atoms with Gasteiger partial charge in [0.05, 0.1) is 4.92 Å². The summed E-state index contributed by atoms with van der Waals surface area (Å²) in [5.41, 5.74) is 6.75. The molecule has 17 heavy (non-hydrogen) atoms. The third kappa shape index (κ3) is 2.52. The summed E-state index contributed by atoms with van der Waals surface area (Å²) in [6.07, 6.45) is 4.43. The van der Waals surface area contributed by atoms with Crippen molar-refractivity contribution in [3.63, 3.8) is 0 Å². The van der Waals surface area contributed by atoms with Gasteiger partial charge in [-0.05, 0) is 31.7 Å². The van der Waals surface area contributed by atoms with E-state index < -0.39 is 4.92 Å². The van der Waals surface area contributed by atoms with Crippen LogP contribution in [-0.4, -0.2) is 22.0 Å². The van der Waals surface area contributed by atoms with Gasteiger partial charge in [0.15, 0.2) is 0 Å². The van der Waals surface area contributed by atoms with E-state index in [0.717, 1.165) is 24.8 Å². The van der Waals surface area contributed by atoms with Crippen LogP contribution >= 0.6 is 0 Å². The second-order valence-corrected chi connectivity index (χ2v) is 4.46. The molecule has 1 aliphatic carbocycles. The zero-order chi connectivity index (χ0) is 12.4. The molecule has 0 aromatic carbocycles. The molecule has 0 aliphatic heterocycles. The smallest absolute Gasteiger partial charge is 0.287 e. The molecule has 1 fully saturated rings. The minimum Gasteiger partial charge on any atom is -0.366 e. The normalized spacial score (nSPS) is 23.6. The van der Waals surface area contributed by atoms with Crippen LogP contribution in [0, 0.1) is 17.0 Å². The molecule has 1 aliphatic rings. The number of pyridine rings is 1. The van der Waals surface area contributed by atoms with E-state index in [0.29, 0.717) is 5.82 Å². The summed E-state index contributed by atoms with van der Waals surface area (Å²) in [5, 5.41) is 13.9. The van der Waals surface area contributed by atoms with Crippen LogP contribution in [0.1, 0.15) is 24.8 Å². The van der Waals surface area contributed by atoms with Gasteiger partial charge in [0.1, 0.15) is 12.0 Å². The topological polar surface area (TPSA) is 94.1 Å². The quantitative estimate of drug-likeness (QED) is 0.614. The summed E-state index contributed by atoms with van der Waals surface area (Å²) < 4.78 is 0. The van der Waals surface area contributed by atoms with Gasteiger partial charge < -0.3 is 11.1 Å². The molecular formula is C11H16N4O2. The first kappa shape index (κ1) is 11.8. The summed E-state index contributed by atoms with van der Waals surface area (Å²) in [6.45, 7) is 1.81. The van der Waals surface area contributed by atoms with Crippen LogP contribution in [0.5, 0.6) is 0 Å². The number of nitrogens with one attached hydrogen (secondary N) is 1. The molecule has 6 heteroatoms. The Hall–Kier alpha value is -1.69. The Morgan fingerprint density at radius 1 is 1.59 bits per heavy atom. The van der Waals surface area contributed by atoms with Gasteiger partial charge in [-0.2, -0.15) is 0 Å². The first-order valence-electron chi connectivity index (χ1n) is 5.71. The van der Waals surface area contributed by atoms with Crippen molar-refractivity contribution in [3.8, 4) is 0 Å². The molecule has 1 heterocycles. The molecule has 1 saturated carbocycles. The third-order valence-electron chi connectivity index (χ3n) is 3.17. The maximum atomic E-state index is 10.6. The molecule has 0 saturated heterocycles. The standard InChI is InChI=1S/C11H16N4O2/c1-7-5-8(15(16)17)6-13-11(7)14-10-4-2-3-9(10)12/h5-6,9-10H,2-4,12H2,1H3,(H,13,14). The molecule has 6 nitrogen and oxygen atoms in total. The highest BCUT2D eigenvalue weighted by Gasteiger charge is 2.24. The van der Waals surface area contributed by atoms with Crippen LogP contribution < -0.4 is 11.1 Å². The summed E-state index contributed by atoms with van der Waals surface area (Å²) in [7, 11) is 0. The number of hydrogen-bond donors (Lipinski definition) is 2. The van der Waals surface area contributed by atoms with Gasteiger partial charge in [0, 0.05) is 18.2 Å². The predicted molar refractivity (Wildman–Crippen MR) is 64.9 cm³/mol. The molecule has 2 unspecified atom stereocenters. The lowest BCUT2D eigenvalue weighted by molar-refractivity contribution is -0.385. The van der Waals surface area contributed by atoms with E-state index in [2.05, 4.69) is 10.3 Å². The Kier molecular flexibility index (Phi) is 3.23. The molecule has 92 valence electrons. The van der Waals surface area contributed by atoms with Crippen LogP contribution in [0.3, 0.4) is 0 Å². The van der Waals surface area contributed by atoms with Crippen molar-refractivity contribution in [1.29, 1.82) is 0 Å². The molecule has 0 bridgehead atoms. The van der Waals surface area contributed by atoms with Crippen molar-refractivity contribution in [2.45, 2.75) is 38.3 Å². The number of nitrogens with zero attached hydrogens (tertiary/aromatic N) is 2. The molecule has 2 atom stereocenters. The molecule has 0 amide bonds. The monoisotopic (exact) mass is 236 g/mol. The molecule has 0 radical (unpaired) electrons. The predicted octanol–water partition coefficient (Wildman–Crippen LogP) is 1.59. The third-order valence-corrected chi connectivity index (χ3v) is 3.17. The van der Waals surface area contributed by atoms with Gasteiger partial charge in [-0.25, -0.2) is 4.98 Å². The zero-order valence-electron chi connectivity index (χ0n) is 9.72. The average Bonchev–Trinajstić information content (AvgIpc) is 2.67. The molecule has 1 aromatic rings. The SMILES string of the molecule is Cc1cc([N+](=O)[O-])cnc1NC1CCCC1N. The summed E-state index contributed by atoms with van der Waals surface area (Å²) in [6, 6.07) is 1.89. The second kappa shape index (κ2) is 4.67. The molecule has 1 aromatic heterocycles. The molecule has 0 spiro atoms. The molecule has 2 rings (SSSR count). The Labute approximate surface area is 99.4 Å². The largest absolute Gasteiger partial charge is 0.366 e. The summed E-state index contributed by atoms with van der Waals surface area (Å²) in [5.74, 6) is 0.693. The van der Waals surface area contributed by atoms with Crippen LogP contribution in [0.4, 0.5) is 11.5 Å². The summed E-state index contributed by atoms with van der Waals surface area (Å²) >= 11 is 0. The van der Waals surface area contributed by atoms with Crippen LogP contribution in [0.2, 0.25) is 0 Å². The van der Waals surface area contributed by atoms with E-state index in [1.165, 1.54) is 12.3 Å². The number of hydrogen-bond acceptors (Lipinski definition) is 5. The van der Waals surface area contributed by atoms with Gasteiger partial charge in [0.25, 0.3) is 5.69 Å². The zero-order valence-corrected chi connectivity index (χ0v) is 9.72. The second-order valence-electron chi connectivity index (χ2n) is 4.46. The molecular weight excluding hydrogens is 220 g/mol. The van der Waals surface area contributed by atoms with Crippen LogP contribution in [0.15, 0.2) is 12.3 Å². The fourth-order valence-corrected chi connectivity index (χ4v) is 2.15. The number of anilines is 1. The Morgan fingerprint density at radius 3 is 2.88 bits per heavy atom. The number of rotatable bonds is 3. The van der Waals surface area contributed by atoms with Crippen molar-refractivity contribution < 1.29 is 4.92 Å². The number of nitro groups is 1. The first-order valence-corrected chi connectivity index (χ1v) is 5.71. The van der Waals surface area contributed by atoms with Crippen molar-refractivity contribution in [1.82, 2.24) is 4.98 Å². The number of aromatic nitrogens is 1. The van der Waals surface area contributed by atoms with Crippen molar-refractivity contribution >= 4 is 11.5 Å². The lowest BCUT2D eigenvalue weighted by Gasteiger charge is -2.18. The van der Waals surface area contributed by atoms with Crippen molar-refractivity contribution in [2.75, 3.05) is 5.32 Å². The van der Waals surface area contributed by atoms with E-state index >= 15 is 0 Å². The summed E-state index contributed by atoms with van der Waals surface area (Å²) in [4.78, 5) is 14.2. The van der Waals surface area contributed by atoms with Gasteiger partial charge in [-0.15, -0.1) is 0 Å². The van der Waals surface area contributed by atoms with E-state index in [1.54, 1.807) is 0 Å². The highest BCUT2D eigenvalue weighted by atomic mass is 16.6. The van der Waals surface area contributed by atoms with E-state index in [9.17, 15) is 10.1 Å². The fraction of sp³-hybridized carbons (Fsp3) is 0.545. The van der Waals surface area contributed by atoms with Crippen molar-refractivity contribution in [3.05, 3.63) is 27.9 Å².